The first-order valence-electron chi connectivity index (χ1n) is 5.78. The summed E-state index contributed by atoms with van der Waals surface area (Å²) in [6.07, 6.45) is 0. The van der Waals surface area contributed by atoms with Crippen LogP contribution in [0.15, 0.2) is 51.5 Å². The SMILES string of the molecule is Nc1cccc(-c2nc(-c3cc(F)ccc3Br)no2)c1. The molecule has 2 aromatic carbocycles. The fourth-order valence-electron chi connectivity index (χ4n) is 1.79. The Morgan fingerprint density at radius 2 is 2.00 bits per heavy atom. The van der Waals surface area contributed by atoms with Gasteiger partial charge in [0.1, 0.15) is 5.82 Å². The van der Waals surface area contributed by atoms with Crippen molar-refractivity contribution in [3.63, 3.8) is 0 Å². The van der Waals surface area contributed by atoms with E-state index in [4.69, 9.17) is 10.3 Å². The van der Waals surface area contributed by atoms with Gasteiger partial charge in [-0.25, -0.2) is 4.39 Å². The van der Waals surface area contributed by atoms with E-state index in [1.807, 2.05) is 6.07 Å². The maximum Gasteiger partial charge on any atom is 0.258 e. The molecule has 0 atom stereocenters. The minimum absolute atomic E-state index is 0.314. The number of nitrogens with zero attached hydrogens (tertiary/aromatic N) is 2. The van der Waals surface area contributed by atoms with Crippen molar-refractivity contribution in [2.24, 2.45) is 0 Å². The van der Waals surface area contributed by atoms with Crippen LogP contribution in [0.5, 0.6) is 0 Å². The third-order valence-corrected chi connectivity index (χ3v) is 3.42. The molecule has 0 aliphatic rings. The van der Waals surface area contributed by atoms with Gasteiger partial charge in [-0.15, -0.1) is 0 Å². The van der Waals surface area contributed by atoms with Gasteiger partial charge >= 0.3 is 0 Å². The van der Waals surface area contributed by atoms with Crippen molar-refractivity contribution >= 4 is 21.6 Å². The van der Waals surface area contributed by atoms with E-state index >= 15 is 0 Å². The fraction of sp³-hybridized carbons (Fsp3) is 0. The standard InChI is InChI=1S/C14H9BrFN3O/c15-12-5-4-9(16)7-11(12)13-18-14(20-19-13)8-2-1-3-10(17)6-8/h1-7H,17H2. The molecule has 100 valence electrons. The Labute approximate surface area is 122 Å². The fourth-order valence-corrected chi connectivity index (χ4v) is 2.21. The van der Waals surface area contributed by atoms with Gasteiger partial charge in [0.15, 0.2) is 0 Å². The van der Waals surface area contributed by atoms with Crippen LogP contribution in [0.25, 0.3) is 22.8 Å². The lowest BCUT2D eigenvalue weighted by Crippen LogP contribution is -1.86. The Kier molecular flexibility index (Phi) is 3.23. The van der Waals surface area contributed by atoms with Gasteiger partial charge in [-0.1, -0.05) is 27.2 Å². The number of rotatable bonds is 2. The van der Waals surface area contributed by atoms with E-state index in [-0.39, 0.29) is 5.82 Å². The van der Waals surface area contributed by atoms with Crippen LogP contribution in [-0.4, -0.2) is 10.1 Å². The molecule has 3 rings (SSSR count). The summed E-state index contributed by atoms with van der Waals surface area (Å²) >= 11 is 3.34. The molecule has 1 heterocycles. The zero-order valence-electron chi connectivity index (χ0n) is 10.2. The number of nitrogens with two attached hydrogens (primary N) is 1. The second kappa shape index (κ2) is 5.05. The number of hydrogen-bond acceptors (Lipinski definition) is 4. The molecule has 2 N–H and O–H groups in total. The van der Waals surface area contributed by atoms with E-state index in [0.29, 0.717) is 27.4 Å². The minimum Gasteiger partial charge on any atom is -0.399 e. The van der Waals surface area contributed by atoms with Gasteiger partial charge in [-0.05, 0) is 36.4 Å². The lowest BCUT2D eigenvalue weighted by molar-refractivity contribution is 0.432. The van der Waals surface area contributed by atoms with Crippen molar-refractivity contribution < 1.29 is 8.91 Å². The van der Waals surface area contributed by atoms with Gasteiger partial charge in [0.05, 0.1) is 0 Å². The molecular formula is C14H9BrFN3O. The maximum absolute atomic E-state index is 13.3. The molecule has 4 nitrogen and oxygen atoms in total. The van der Waals surface area contributed by atoms with Crippen LogP contribution in [0.2, 0.25) is 0 Å². The number of hydrogen-bond donors (Lipinski definition) is 1. The Morgan fingerprint density at radius 3 is 2.80 bits per heavy atom. The maximum atomic E-state index is 13.3. The number of nitrogen functional groups attached to an aromatic ring is 1. The molecule has 0 spiro atoms. The van der Waals surface area contributed by atoms with Crippen molar-refractivity contribution in [1.82, 2.24) is 10.1 Å². The lowest BCUT2D eigenvalue weighted by Gasteiger charge is -1.98. The van der Waals surface area contributed by atoms with Gasteiger partial charge in [-0.2, -0.15) is 4.98 Å². The Balaban J connectivity index is 2.04. The third-order valence-electron chi connectivity index (χ3n) is 2.73. The predicted octanol–water partition coefficient (Wildman–Crippen LogP) is 3.89. The number of benzene rings is 2. The Hall–Kier alpha value is -2.21. The molecule has 20 heavy (non-hydrogen) atoms. The van der Waals surface area contributed by atoms with Crippen molar-refractivity contribution in [2.75, 3.05) is 5.73 Å². The van der Waals surface area contributed by atoms with E-state index in [2.05, 4.69) is 26.1 Å². The topological polar surface area (TPSA) is 64.9 Å². The summed E-state index contributed by atoms with van der Waals surface area (Å²) in [7, 11) is 0. The van der Waals surface area contributed by atoms with Gasteiger partial charge in [0.25, 0.3) is 5.89 Å². The van der Waals surface area contributed by atoms with Crippen molar-refractivity contribution in [2.45, 2.75) is 0 Å². The van der Waals surface area contributed by atoms with Gasteiger partial charge in [0.2, 0.25) is 5.82 Å². The molecule has 0 aliphatic heterocycles. The second-order valence-electron chi connectivity index (χ2n) is 4.17. The minimum atomic E-state index is -0.362. The monoisotopic (exact) mass is 333 g/mol. The molecule has 1 aromatic heterocycles. The summed E-state index contributed by atoms with van der Waals surface area (Å²) in [6, 6.07) is 11.4. The third kappa shape index (κ3) is 2.42. The first-order chi connectivity index (χ1) is 9.63. The van der Waals surface area contributed by atoms with Crippen molar-refractivity contribution in [3.8, 4) is 22.8 Å². The molecule has 0 amide bonds. The van der Waals surface area contributed by atoms with E-state index in [0.717, 1.165) is 5.56 Å². The lowest BCUT2D eigenvalue weighted by atomic mass is 10.2. The summed E-state index contributed by atoms with van der Waals surface area (Å²) in [5, 5.41) is 3.87. The smallest absolute Gasteiger partial charge is 0.258 e. The number of anilines is 1. The van der Waals surface area contributed by atoms with Crippen LogP contribution >= 0.6 is 15.9 Å². The van der Waals surface area contributed by atoms with Gasteiger partial charge in [-0.3, -0.25) is 0 Å². The van der Waals surface area contributed by atoms with Crippen LogP contribution in [0.3, 0.4) is 0 Å². The average molecular weight is 334 g/mol. The molecule has 0 fully saturated rings. The van der Waals surface area contributed by atoms with Gasteiger partial charge in [0, 0.05) is 21.3 Å². The van der Waals surface area contributed by atoms with E-state index in [1.165, 1.54) is 12.1 Å². The van der Waals surface area contributed by atoms with E-state index in [1.54, 1.807) is 24.3 Å². The molecule has 0 saturated carbocycles. The average Bonchev–Trinajstić information content (AvgIpc) is 2.91. The summed E-state index contributed by atoms with van der Waals surface area (Å²) in [6.45, 7) is 0. The first-order valence-corrected chi connectivity index (χ1v) is 6.58. The van der Waals surface area contributed by atoms with E-state index < -0.39 is 0 Å². The Bertz CT molecular complexity index is 773. The molecule has 0 unspecified atom stereocenters. The molecule has 0 radical (unpaired) electrons. The van der Waals surface area contributed by atoms with Crippen LogP contribution in [0.4, 0.5) is 10.1 Å². The van der Waals surface area contributed by atoms with Crippen LogP contribution in [0, 0.1) is 5.82 Å². The highest BCUT2D eigenvalue weighted by molar-refractivity contribution is 9.10. The molecule has 6 heteroatoms. The molecule has 0 aliphatic carbocycles. The number of halogens is 2. The Morgan fingerprint density at radius 1 is 1.15 bits per heavy atom. The first kappa shape index (κ1) is 12.8. The van der Waals surface area contributed by atoms with Crippen LogP contribution in [0.1, 0.15) is 0 Å². The van der Waals surface area contributed by atoms with E-state index in [9.17, 15) is 4.39 Å². The van der Waals surface area contributed by atoms with Crippen LogP contribution in [-0.2, 0) is 0 Å². The highest BCUT2D eigenvalue weighted by Crippen LogP contribution is 2.29. The van der Waals surface area contributed by atoms with Crippen molar-refractivity contribution in [3.05, 3.63) is 52.8 Å². The number of aromatic nitrogens is 2. The highest BCUT2D eigenvalue weighted by Gasteiger charge is 2.13. The predicted molar refractivity (Wildman–Crippen MR) is 77.2 cm³/mol. The molecule has 0 saturated heterocycles. The highest BCUT2D eigenvalue weighted by atomic mass is 79.9. The molecular weight excluding hydrogens is 325 g/mol. The summed E-state index contributed by atoms with van der Waals surface area (Å²) in [5.41, 5.74) is 7.57. The zero-order chi connectivity index (χ0) is 14.1. The van der Waals surface area contributed by atoms with Crippen LogP contribution < -0.4 is 5.73 Å². The molecule has 0 bridgehead atoms. The quantitative estimate of drug-likeness (QED) is 0.722. The largest absolute Gasteiger partial charge is 0.399 e. The van der Waals surface area contributed by atoms with Crippen molar-refractivity contribution in [1.29, 1.82) is 0 Å². The summed E-state index contributed by atoms with van der Waals surface area (Å²) in [5.74, 6) is 0.288. The summed E-state index contributed by atoms with van der Waals surface area (Å²) < 4.78 is 19.2. The summed E-state index contributed by atoms with van der Waals surface area (Å²) in [4.78, 5) is 4.26. The second-order valence-corrected chi connectivity index (χ2v) is 5.03. The molecule has 3 aromatic rings. The van der Waals surface area contributed by atoms with Gasteiger partial charge < -0.3 is 10.3 Å². The normalized spacial score (nSPS) is 10.7. The zero-order valence-corrected chi connectivity index (χ0v) is 11.8.